The van der Waals surface area contributed by atoms with Gasteiger partial charge in [-0.15, -0.1) is 0 Å². The Morgan fingerprint density at radius 1 is 1.15 bits per heavy atom. The summed E-state index contributed by atoms with van der Waals surface area (Å²) in [6.45, 7) is 8.18. The predicted octanol–water partition coefficient (Wildman–Crippen LogP) is 4.19. The first kappa shape index (κ1) is 18.2. The van der Waals surface area contributed by atoms with Crippen LogP contribution in [-0.4, -0.2) is 29.7 Å². The van der Waals surface area contributed by atoms with E-state index in [2.05, 4.69) is 32.9 Å². The first-order valence-electron chi connectivity index (χ1n) is 10.9. The fraction of sp³-hybridized carbons (Fsp3) is 0.870. The minimum atomic E-state index is -1.17. The predicted molar refractivity (Wildman–Crippen MR) is 101 cm³/mol. The first-order chi connectivity index (χ1) is 12.8. The van der Waals surface area contributed by atoms with Gasteiger partial charge in [-0.25, -0.2) is 0 Å². The van der Waals surface area contributed by atoms with Gasteiger partial charge in [0.15, 0.2) is 11.4 Å². The van der Waals surface area contributed by atoms with E-state index in [0.29, 0.717) is 17.8 Å². The molecule has 3 saturated carbocycles. The number of aliphatic hydroxyl groups is 1. The van der Waals surface area contributed by atoms with Gasteiger partial charge in [0.25, 0.3) is 0 Å². The lowest BCUT2D eigenvalue weighted by Gasteiger charge is -2.59. The lowest BCUT2D eigenvalue weighted by molar-refractivity contribution is -0.186. The molecule has 27 heavy (non-hydrogen) atoms. The van der Waals surface area contributed by atoms with Gasteiger partial charge >= 0.3 is 0 Å². The maximum absolute atomic E-state index is 11.2. The normalized spacial score (nSPS) is 53.2. The second-order valence-corrected chi connectivity index (χ2v) is 10.5. The zero-order valence-electron chi connectivity index (χ0n) is 17.0. The Morgan fingerprint density at radius 2 is 1.89 bits per heavy atom. The summed E-state index contributed by atoms with van der Waals surface area (Å²) >= 11 is 0. The maximum atomic E-state index is 11.2. The Labute approximate surface area is 162 Å². The molecule has 1 heterocycles. The molecule has 1 spiro atoms. The molecular formula is C23H33NO3. The van der Waals surface area contributed by atoms with Gasteiger partial charge < -0.3 is 14.6 Å². The Hall–Kier alpha value is -0.890. The Kier molecular flexibility index (Phi) is 3.76. The second kappa shape index (κ2) is 5.59. The van der Waals surface area contributed by atoms with Crippen LogP contribution in [0, 0.1) is 45.8 Å². The average Bonchev–Trinajstić information content (AvgIpc) is 3.19. The minimum Gasteiger partial charge on any atom is -0.375 e. The minimum absolute atomic E-state index is 0.0596. The average molecular weight is 372 g/mol. The van der Waals surface area contributed by atoms with E-state index in [4.69, 9.17) is 9.47 Å². The number of nitriles is 1. The standard InChI is InChI=1S/C23H33NO3/c1-15-12-19-17-5-4-16-13-22(26-10-11-27-22)9-8-20(16,2)18(17)6-7-21(19,3)23(15,25)14-24/h4,15,17-19,25H,5-13H2,1-3H3/t15-,17?,18?,19?,20+,21+,23+/m1/s1. The molecule has 4 heteroatoms. The molecule has 4 nitrogen and oxygen atoms in total. The molecule has 0 aromatic carbocycles. The third-order valence-electron chi connectivity index (χ3n) is 9.68. The second-order valence-electron chi connectivity index (χ2n) is 10.5. The van der Waals surface area contributed by atoms with E-state index >= 15 is 0 Å². The van der Waals surface area contributed by atoms with Crippen molar-refractivity contribution in [3.63, 3.8) is 0 Å². The van der Waals surface area contributed by atoms with Crippen LogP contribution in [0.4, 0.5) is 0 Å². The molecule has 4 aliphatic carbocycles. The molecule has 0 bridgehead atoms. The van der Waals surface area contributed by atoms with Crippen LogP contribution in [-0.2, 0) is 9.47 Å². The third kappa shape index (κ3) is 2.14. The van der Waals surface area contributed by atoms with E-state index in [1.807, 2.05) is 0 Å². The third-order valence-corrected chi connectivity index (χ3v) is 9.68. The van der Waals surface area contributed by atoms with Gasteiger partial charge in [-0.05, 0) is 61.2 Å². The van der Waals surface area contributed by atoms with Crippen molar-refractivity contribution >= 4 is 0 Å². The number of allylic oxidation sites excluding steroid dienone is 1. The lowest BCUT2D eigenvalue weighted by atomic mass is 9.47. The van der Waals surface area contributed by atoms with Gasteiger partial charge in [-0.3, -0.25) is 0 Å². The first-order valence-corrected chi connectivity index (χ1v) is 10.9. The van der Waals surface area contributed by atoms with Gasteiger partial charge in [0.05, 0.1) is 19.3 Å². The van der Waals surface area contributed by atoms with Crippen molar-refractivity contribution in [1.82, 2.24) is 0 Å². The van der Waals surface area contributed by atoms with Gasteiger partial charge in [0.1, 0.15) is 0 Å². The summed E-state index contributed by atoms with van der Waals surface area (Å²) in [5, 5.41) is 21.1. The van der Waals surface area contributed by atoms with Gasteiger partial charge in [0, 0.05) is 18.3 Å². The maximum Gasteiger partial charge on any atom is 0.172 e. The van der Waals surface area contributed by atoms with Gasteiger partial charge in [0.2, 0.25) is 0 Å². The summed E-state index contributed by atoms with van der Waals surface area (Å²) in [7, 11) is 0. The van der Waals surface area contributed by atoms with Crippen LogP contribution >= 0.6 is 0 Å². The SMILES string of the molecule is C[C@@H]1CC2C3CC=C4CC5(CC[C@]4(C)C3CC[C@]2(C)[C@]1(O)C#N)OCCO5. The monoisotopic (exact) mass is 371 g/mol. The molecule has 7 atom stereocenters. The van der Waals surface area contributed by atoms with Crippen LogP contribution in [0.2, 0.25) is 0 Å². The van der Waals surface area contributed by atoms with Crippen LogP contribution in [0.5, 0.6) is 0 Å². The highest BCUT2D eigenvalue weighted by atomic mass is 16.7. The highest BCUT2D eigenvalue weighted by molar-refractivity contribution is 5.29. The Morgan fingerprint density at radius 3 is 2.59 bits per heavy atom. The van der Waals surface area contributed by atoms with Crippen molar-refractivity contribution in [3.05, 3.63) is 11.6 Å². The molecule has 0 aromatic rings. The Balaban J connectivity index is 1.48. The fourth-order valence-electron chi connectivity index (χ4n) is 7.93. The summed E-state index contributed by atoms with van der Waals surface area (Å²) < 4.78 is 12.0. The molecule has 0 aromatic heterocycles. The summed E-state index contributed by atoms with van der Waals surface area (Å²) in [4.78, 5) is 0. The highest BCUT2D eigenvalue weighted by Gasteiger charge is 2.67. The largest absolute Gasteiger partial charge is 0.375 e. The molecule has 3 unspecified atom stereocenters. The van der Waals surface area contributed by atoms with E-state index in [-0.39, 0.29) is 22.5 Å². The molecule has 5 rings (SSSR count). The van der Waals surface area contributed by atoms with Gasteiger partial charge in [-0.1, -0.05) is 32.4 Å². The van der Waals surface area contributed by atoms with Crippen LogP contribution < -0.4 is 0 Å². The van der Waals surface area contributed by atoms with Crippen LogP contribution in [0.15, 0.2) is 11.6 Å². The fourth-order valence-corrected chi connectivity index (χ4v) is 7.93. The number of ether oxygens (including phenoxy) is 2. The molecule has 1 aliphatic heterocycles. The molecule has 0 radical (unpaired) electrons. The summed E-state index contributed by atoms with van der Waals surface area (Å²) in [5.74, 6) is 1.39. The zero-order chi connectivity index (χ0) is 19.1. The lowest BCUT2D eigenvalue weighted by Crippen LogP contribution is -2.55. The number of rotatable bonds is 0. The Bertz CT molecular complexity index is 720. The molecule has 5 aliphatic rings. The topological polar surface area (TPSA) is 62.5 Å². The van der Waals surface area contributed by atoms with Crippen molar-refractivity contribution in [2.45, 2.75) is 77.1 Å². The molecule has 1 N–H and O–H groups in total. The molecule has 0 amide bonds. The smallest absolute Gasteiger partial charge is 0.172 e. The highest BCUT2D eigenvalue weighted by Crippen LogP contribution is 2.68. The number of fused-ring (bicyclic) bond motifs is 5. The van der Waals surface area contributed by atoms with Gasteiger partial charge in [-0.2, -0.15) is 5.26 Å². The van der Waals surface area contributed by atoms with Crippen molar-refractivity contribution < 1.29 is 14.6 Å². The van der Waals surface area contributed by atoms with E-state index in [1.54, 1.807) is 5.57 Å². The molecule has 1 saturated heterocycles. The van der Waals surface area contributed by atoms with Crippen molar-refractivity contribution in [1.29, 1.82) is 5.26 Å². The summed E-state index contributed by atoms with van der Waals surface area (Å²) in [6.07, 6.45) is 9.68. The summed E-state index contributed by atoms with van der Waals surface area (Å²) in [5.41, 5.74) is 0.330. The summed E-state index contributed by atoms with van der Waals surface area (Å²) in [6, 6.07) is 2.33. The quantitative estimate of drug-likeness (QED) is 0.512. The van der Waals surface area contributed by atoms with Crippen LogP contribution in [0.3, 0.4) is 0 Å². The van der Waals surface area contributed by atoms with Crippen molar-refractivity contribution in [2.75, 3.05) is 13.2 Å². The van der Waals surface area contributed by atoms with E-state index in [0.717, 1.165) is 58.2 Å². The van der Waals surface area contributed by atoms with E-state index < -0.39 is 5.60 Å². The van der Waals surface area contributed by atoms with Crippen molar-refractivity contribution in [3.8, 4) is 6.07 Å². The molecule has 4 fully saturated rings. The zero-order valence-corrected chi connectivity index (χ0v) is 17.0. The van der Waals surface area contributed by atoms with Crippen LogP contribution in [0.25, 0.3) is 0 Å². The van der Waals surface area contributed by atoms with Crippen LogP contribution in [0.1, 0.15) is 65.7 Å². The number of hydrogen-bond acceptors (Lipinski definition) is 4. The molecular weight excluding hydrogens is 338 g/mol. The van der Waals surface area contributed by atoms with E-state index in [1.165, 1.54) is 0 Å². The number of hydrogen-bond donors (Lipinski definition) is 1. The molecule has 148 valence electrons. The number of nitrogens with zero attached hydrogens (tertiary/aromatic N) is 1. The van der Waals surface area contributed by atoms with Crippen molar-refractivity contribution in [2.24, 2.45) is 34.5 Å². The van der Waals surface area contributed by atoms with E-state index in [9.17, 15) is 10.4 Å².